The zero-order valence-electron chi connectivity index (χ0n) is 9.65. The number of ether oxygens (including phenoxy) is 1. The number of alkyl carbamates (subject to hydrolysis) is 1. The molecule has 1 amide bonds. The van der Waals surface area contributed by atoms with Crippen LogP contribution in [0.5, 0.6) is 0 Å². The monoisotopic (exact) mass is 242 g/mol. The minimum atomic E-state index is -1.02. The van der Waals surface area contributed by atoms with Gasteiger partial charge in [-0.1, -0.05) is 0 Å². The Balaban J connectivity index is 3.36. The van der Waals surface area contributed by atoms with Crippen LogP contribution in [0.1, 0.15) is 25.7 Å². The average Bonchev–Trinajstić information content (AvgIpc) is 2.28. The van der Waals surface area contributed by atoms with E-state index in [4.69, 9.17) is 22.0 Å². The number of aliphatic carboxylic acids is 1. The Hall–Kier alpha value is -1.74. The lowest BCUT2D eigenvalue weighted by Crippen LogP contribution is -2.30. The summed E-state index contributed by atoms with van der Waals surface area (Å²) in [6, 6.07) is -0.848. The van der Waals surface area contributed by atoms with E-state index in [0.29, 0.717) is 32.2 Å². The number of carbonyl (C=O) groups is 2. The number of hydrogen-bond donors (Lipinski definition) is 3. The average molecular weight is 242 g/mol. The maximum absolute atomic E-state index is 11.0. The van der Waals surface area contributed by atoms with Crippen molar-refractivity contribution in [3.8, 4) is 12.3 Å². The summed E-state index contributed by atoms with van der Waals surface area (Å²) in [5, 5.41) is 11.0. The van der Waals surface area contributed by atoms with Crippen LogP contribution in [0.4, 0.5) is 4.79 Å². The van der Waals surface area contributed by atoms with E-state index in [1.165, 1.54) is 0 Å². The SMILES string of the molecule is C#CCCNC(=O)OCCCC[C@H](N)C(=O)O. The first-order valence-corrected chi connectivity index (χ1v) is 5.40. The van der Waals surface area contributed by atoms with Crippen molar-refractivity contribution in [3.05, 3.63) is 0 Å². The molecule has 0 aliphatic carbocycles. The van der Waals surface area contributed by atoms with Gasteiger partial charge < -0.3 is 20.9 Å². The molecule has 0 aromatic carbocycles. The molecule has 6 heteroatoms. The quantitative estimate of drug-likeness (QED) is 0.420. The number of nitrogens with one attached hydrogen (secondary N) is 1. The zero-order chi connectivity index (χ0) is 13.1. The lowest BCUT2D eigenvalue weighted by Gasteiger charge is -2.07. The second-order valence-electron chi connectivity index (χ2n) is 3.46. The van der Waals surface area contributed by atoms with Gasteiger partial charge in [0.2, 0.25) is 0 Å². The number of carboxylic acids is 1. The van der Waals surface area contributed by atoms with Gasteiger partial charge >= 0.3 is 12.1 Å². The standard InChI is InChI=1S/C11H18N2O4/c1-2-3-7-13-11(16)17-8-5-4-6-9(12)10(14)15/h1,9H,3-8,12H2,(H,13,16)(H,14,15)/t9-/m0/s1. The Kier molecular flexibility index (Phi) is 8.51. The number of carbonyl (C=O) groups excluding carboxylic acids is 1. The van der Waals surface area contributed by atoms with Crippen LogP contribution in [0, 0.1) is 12.3 Å². The summed E-state index contributed by atoms with van der Waals surface area (Å²) in [6.45, 7) is 0.632. The smallest absolute Gasteiger partial charge is 0.407 e. The molecular weight excluding hydrogens is 224 g/mol. The van der Waals surface area contributed by atoms with E-state index in [1.807, 2.05) is 0 Å². The molecule has 0 bridgehead atoms. The fourth-order valence-electron chi connectivity index (χ4n) is 1.04. The molecule has 0 saturated heterocycles. The van der Waals surface area contributed by atoms with Crippen LogP contribution in [0.25, 0.3) is 0 Å². The van der Waals surface area contributed by atoms with Gasteiger partial charge in [0.25, 0.3) is 0 Å². The third kappa shape index (κ3) is 9.20. The summed E-state index contributed by atoms with van der Waals surface area (Å²) >= 11 is 0. The van der Waals surface area contributed by atoms with Crippen molar-refractivity contribution in [1.29, 1.82) is 0 Å². The van der Waals surface area contributed by atoms with Crippen LogP contribution in [-0.4, -0.2) is 36.4 Å². The van der Waals surface area contributed by atoms with Crippen LogP contribution in [0.2, 0.25) is 0 Å². The molecule has 0 aromatic heterocycles. The largest absolute Gasteiger partial charge is 0.480 e. The highest BCUT2D eigenvalue weighted by molar-refractivity contribution is 5.72. The van der Waals surface area contributed by atoms with Crippen LogP contribution < -0.4 is 11.1 Å². The molecule has 0 saturated carbocycles. The van der Waals surface area contributed by atoms with Gasteiger partial charge in [0.1, 0.15) is 6.04 Å². The molecule has 96 valence electrons. The Morgan fingerprint density at radius 2 is 2.18 bits per heavy atom. The predicted octanol–water partition coefficient (Wildman–Crippen LogP) is 0.318. The highest BCUT2D eigenvalue weighted by atomic mass is 16.5. The van der Waals surface area contributed by atoms with Gasteiger partial charge in [0.05, 0.1) is 6.61 Å². The van der Waals surface area contributed by atoms with Crippen molar-refractivity contribution in [1.82, 2.24) is 5.32 Å². The normalized spacial score (nSPS) is 11.3. The van der Waals surface area contributed by atoms with Crippen LogP contribution in [-0.2, 0) is 9.53 Å². The number of hydrogen-bond acceptors (Lipinski definition) is 4. The first-order chi connectivity index (χ1) is 8.07. The van der Waals surface area contributed by atoms with Crippen LogP contribution in [0.15, 0.2) is 0 Å². The van der Waals surface area contributed by atoms with E-state index in [0.717, 1.165) is 0 Å². The summed E-state index contributed by atoms with van der Waals surface area (Å²) in [5.74, 6) is 1.37. The fraction of sp³-hybridized carbons (Fsp3) is 0.636. The Bertz CT molecular complexity index is 286. The van der Waals surface area contributed by atoms with E-state index in [9.17, 15) is 9.59 Å². The highest BCUT2D eigenvalue weighted by Gasteiger charge is 2.10. The topological polar surface area (TPSA) is 102 Å². The molecule has 0 radical (unpaired) electrons. The summed E-state index contributed by atoms with van der Waals surface area (Å²) in [5.41, 5.74) is 5.30. The first-order valence-electron chi connectivity index (χ1n) is 5.40. The maximum Gasteiger partial charge on any atom is 0.407 e. The Morgan fingerprint density at radius 3 is 2.76 bits per heavy atom. The van der Waals surface area contributed by atoms with Crippen molar-refractivity contribution in [3.63, 3.8) is 0 Å². The van der Waals surface area contributed by atoms with Gasteiger partial charge in [-0.15, -0.1) is 12.3 Å². The molecular formula is C11H18N2O4. The number of terminal acetylenes is 1. The third-order valence-corrected chi connectivity index (χ3v) is 2.00. The second-order valence-corrected chi connectivity index (χ2v) is 3.46. The van der Waals surface area contributed by atoms with Crippen molar-refractivity contribution < 1.29 is 19.4 Å². The van der Waals surface area contributed by atoms with Crippen molar-refractivity contribution in [2.45, 2.75) is 31.7 Å². The molecule has 0 fully saturated rings. The van der Waals surface area contributed by atoms with E-state index in [-0.39, 0.29) is 6.61 Å². The second kappa shape index (κ2) is 9.48. The molecule has 0 unspecified atom stereocenters. The molecule has 4 N–H and O–H groups in total. The van der Waals surface area contributed by atoms with E-state index < -0.39 is 18.1 Å². The van der Waals surface area contributed by atoms with Gasteiger partial charge in [0, 0.05) is 13.0 Å². The number of carboxylic acid groups (broad SMARTS) is 1. The minimum absolute atomic E-state index is 0.244. The van der Waals surface area contributed by atoms with E-state index in [1.54, 1.807) is 0 Å². The molecule has 0 heterocycles. The Labute approximate surface area is 101 Å². The van der Waals surface area contributed by atoms with Crippen molar-refractivity contribution in [2.75, 3.05) is 13.2 Å². The maximum atomic E-state index is 11.0. The van der Waals surface area contributed by atoms with Gasteiger partial charge in [-0.3, -0.25) is 4.79 Å². The summed E-state index contributed by atoms with van der Waals surface area (Å²) in [6.07, 6.45) is 6.52. The predicted molar refractivity (Wildman–Crippen MR) is 62.3 cm³/mol. The highest BCUT2D eigenvalue weighted by Crippen LogP contribution is 1.99. The van der Waals surface area contributed by atoms with Gasteiger partial charge in [-0.05, 0) is 19.3 Å². The van der Waals surface area contributed by atoms with Gasteiger partial charge in [-0.2, -0.15) is 0 Å². The molecule has 0 aliphatic heterocycles. The van der Waals surface area contributed by atoms with E-state index >= 15 is 0 Å². The molecule has 0 spiro atoms. The minimum Gasteiger partial charge on any atom is -0.480 e. The third-order valence-electron chi connectivity index (χ3n) is 2.00. The Morgan fingerprint density at radius 1 is 1.47 bits per heavy atom. The first kappa shape index (κ1) is 15.3. The molecule has 1 atom stereocenters. The van der Waals surface area contributed by atoms with Crippen molar-refractivity contribution >= 4 is 12.1 Å². The summed E-state index contributed by atoms with van der Waals surface area (Å²) < 4.78 is 4.82. The summed E-state index contributed by atoms with van der Waals surface area (Å²) in [4.78, 5) is 21.4. The van der Waals surface area contributed by atoms with Crippen molar-refractivity contribution in [2.24, 2.45) is 5.73 Å². The number of nitrogens with two attached hydrogens (primary N) is 1. The molecule has 6 nitrogen and oxygen atoms in total. The van der Waals surface area contributed by atoms with Crippen LogP contribution >= 0.6 is 0 Å². The van der Waals surface area contributed by atoms with E-state index in [2.05, 4.69) is 11.2 Å². The zero-order valence-corrected chi connectivity index (χ0v) is 9.65. The molecule has 0 aromatic rings. The number of amides is 1. The molecule has 17 heavy (non-hydrogen) atoms. The lowest BCUT2D eigenvalue weighted by molar-refractivity contribution is -0.138. The number of unbranched alkanes of at least 4 members (excludes halogenated alkanes) is 1. The molecule has 0 rings (SSSR count). The lowest BCUT2D eigenvalue weighted by atomic mass is 10.1. The van der Waals surface area contributed by atoms with Gasteiger partial charge in [-0.25, -0.2) is 4.79 Å². The summed E-state index contributed by atoms with van der Waals surface area (Å²) in [7, 11) is 0. The van der Waals surface area contributed by atoms with Crippen LogP contribution in [0.3, 0.4) is 0 Å². The molecule has 0 aliphatic rings. The fourth-order valence-corrected chi connectivity index (χ4v) is 1.04. The van der Waals surface area contributed by atoms with Gasteiger partial charge in [0.15, 0.2) is 0 Å². The number of rotatable bonds is 8.